The number of urea groups is 1. The average Bonchev–Trinajstić information content (AvgIpc) is 3.41. The lowest BCUT2D eigenvalue weighted by Crippen LogP contribution is -2.42. The second-order valence-electron chi connectivity index (χ2n) is 6.53. The number of benzene rings is 1. The SMILES string of the molecule is COc1ccc(CNC(=O)N2CCc3nc(NC(=O)c4ccoc4)sc3C2)cc1. The van der Waals surface area contributed by atoms with E-state index >= 15 is 0 Å². The molecule has 9 heteroatoms. The van der Waals surface area contributed by atoms with Gasteiger partial charge in [-0.1, -0.05) is 23.5 Å². The Balaban J connectivity index is 1.33. The van der Waals surface area contributed by atoms with E-state index in [0.717, 1.165) is 21.9 Å². The van der Waals surface area contributed by atoms with Gasteiger partial charge in [-0.3, -0.25) is 10.1 Å². The molecule has 8 nitrogen and oxygen atoms in total. The predicted octanol–water partition coefficient (Wildman–Crippen LogP) is 3.26. The van der Waals surface area contributed by atoms with E-state index in [4.69, 9.17) is 9.15 Å². The molecule has 0 radical (unpaired) electrons. The van der Waals surface area contributed by atoms with E-state index in [-0.39, 0.29) is 11.9 Å². The highest BCUT2D eigenvalue weighted by atomic mass is 32.1. The van der Waals surface area contributed by atoms with E-state index in [0.29, 0.717) is 36.8 Å². The van der Waals surface area contributed by atoms with Gasteiger partial charge in [-0.2, -0.15) is 0 Å². The molecule has 0 bridgehead atoms. The lowest BCUT2D eigenvalue weighted by molar-refractivity contribution is 0.102. The zero-order valence-electron chi connectivity index (χ0n) is 15.8. The number of rotatable bonds is 5. The summed E-state index contributed by atoms with van der Waals surface area (Å²) >= 11 is 1.39. The Bertz CT molecular complexity index is 998. The van der Waals surface area contributed by atoms with Gasteiger partial charge < -0.3 is 19.4 Å². The number of methoxy groups -OCH3 is 1. The summed E-state index contributed by atoms with van der Waals surface area (Å²) in [5, 5.41) is 6.25. The van der Waals surface area contributed by atoms with Crippen molar-refractivity contribution in [3.05, 3.63) is 64.6 Å². The Morgan fingerprint density at radius 1 is 1.28 bits per heavy atom. The maximum atomic E-state index is 12.5. The van der Waals surface area contributed by atoms with Crippen LogP contribution in [0.3, 0.4) is 0 Å². The van der Waals surface area contributed by atoms with Crippen LogP contribution in [0, 0.1) is 0 Å². The first-order chi connectivity index (χ1) is 14.1. The number of amides is 3. The third kappa shape index (κ3) is 4.40. The fourth-order valence-electron chi connectivity index (χ4n) is 3.02. The molecule has 0 fully saturated rings. The lowest BCUT2D eigenvalue weighted by Gasteiger charge is -2.26. The smallest absolute Gasteiger partial charge is 0.318 e. The van der Waals surface area contributed by atoms with Gasteiger partial charge in [-0.15, -0.1) is 0 Å². The van der Waals surface area contributed by atoms with E-state index in [1.165, 1.54) is 23.9 Å². The number of ether oxygens (including phenoxy) is 1. The minimum Gasteiger partial charge on any atom is -0.497 e. The summed E-state index contributed by atoms with van der Waals surface area (Å²) < 4.78 is 10.1. The molecule has 0 aliphatic carbocycles. The molecule has 1 aliphatic rings. The molecule has 1 aromatic carbocycles. The first-order valence-corrected chi connectivity index (χ1v) is 9.92. The fraction of sp³-hybridized carbons (Fsp3) is 0.250. The van der Waals surface area contributed by atoms with Crippen LogP contribution < -0.4 is 15.4 Å². The normalized spacial score (nSPS) is 12.9. The van der Waals surface area contributed by atoms with Gasteiger partial charge in [-0.05, 0) is 23.8 Å². The molecule has 2 aromatic heterocycles. The summed E-state index contributed by atoms with van der Waals surface area (Å²) in [6.07, 6.45) is 3.49. The molecule has 0 spiro atoms. The summed E-state index contributed by atoms with van der Waals surface area (Å²) in [5.41, 5.74) is 2.37. The summed E-state index contributed by atoms with van der Waals surface area (Å²) in [5.74, 6) is 0.517. The highest BCUT2D eigenvalue weighted by Gasteiger charge is 2.24. The number of carbonyl (C=O) groups is 2. The molecular weight excluding hydrogens is 392 g/mol. The van der Waals surface area contributed by atoms with E-state index < -0.39 is 0 Å². The van der Waals surface area contributed by atoms with Gasteiger partial charge in [0.25, 0.3) is 5.91 Å². The van der Waals surface area contributed by atoms with E-state index in [1.54, 1.807) is 18.1 Å². The minimum absolute atomic E-state index is 0.121. The van der Waals surface area contributed by atoms with Crippen LogP contribution in [0.25, 0.3) is 0 Å². The van der Waals surface area contributed by atoms with Gasteiger partial charge in [0.2, 0.25) is 0 Å². The molecule has 3 heterocycles. The highest BCUT2D eigenvalue weighted by Crippen LogP contribution is 2.28. The molecule has 29 heavy (non-hydrogen) atoms. The summed E-state index contributed by atoms with van der Waals surface area (Å²) in [4.78, 5) is 31.9. The van der Waals surface area contributed by atoms with Crippen molar-refractivity contribution in [2.24, 2.45) is 0 Å². The molecule has 0 saturated carbocycles. The van der Waals surface area contributed by atoms with Gasteiger partial charge in [0, 0.05) is 24.4 Å². The summed E-state index contributed by atoms with van der Waals surface area (Å²) in [6.45, 7) is 1.50. The molecule has 2 N–H and O–H groups in total. The molecular formula is C20H20N4O4S. The number of nitrogens with zero attached hydrogens (tertiary/aromatic N) is 2. The molecule has 3 amide bonds. The van der Waals surface area contributed by atoms with Gasteiger partial charge in [0.15, 0.2) is 5.13 Å². The lowest BCUT2D eigenvalue weighted by atomic mass is 10.2. The number of hydrogen-bond acceptors (Lipinski definition) is 6. The third-order valence-electron chi connectivity index (χ3n) is 4.63. The third-order valence-corrected chi connectivity index (χ3v) is 5.62. The second-order valence-corrected chi connectivity index (χ2v) is 7.62. The predicted molar refractivity (Wildman–Crippen MR) is 108 cm³/mol. The molecule has 0 saturated heterocycles. The van der Waals surface area contributed by atoms with Crippen LogP contribution >= 0.6 is 11.3 Å². The molecule has 0 atom stereocenters. The topological polar surface area (TPSA) is 96.7 Å². The van der Waals surface area contributed by atoms with Crippen molar-refractivity contribution < 1.29 is 18.7 Å². The summed E-state index contributed by atoms with van der Waals surface area (Å²) in [7, 11) is 1.62. The van der Waals surface area contributed by atoms with Crippen molar-refractivity contribution in [2.75, 3.05) is 19.0 Å². The zero-order valence-corrected chi connectivity index (χ0v) is 16.6. The number of nitrogens with one attached hydrogen (secondary N) is 2. The number of anilines is 1. The minimum atomic E-state index is -0.265. The fourth-order valence-corrected chi connectivity index (χ4v) is 4.04. The van der Waals surface area contributed by atoms with Crippen molar-refractivity contribution in [1.82, 2.24) is 15.2 Å². The largest absolute Gasteiger partial charge is 0.497 e. The Labute approximate surface area is 171 Å². The second kappa shape index (κ2) is 8.36. The number of carbonyl (C=O) groups excluding carboxylic acids is 2. The number of aromatic nitrogens is 1. The Hall–Kier alpha value is -3.33. The van der Waals surface area contributed by atoms with Crippen molar-refractivity contribution in [3.63, 3.8) is 0 Å². The maximum absolute atomic E-state index is 12.5. The van der Waals surface area contributed by atoms with Gasteiger partial charge in [0.05, 0.1) is 31.2 Å². The number of fused-ring (bicyclic) bond motifs is 1. The number of hydrogen-bond donors (Lipinski definition) is 2. The van der Waals surface area contributed by atoms with Crippen LogP contribution in [0.2, 0.25) is 0 Å². The van der Waals surface area contributed by atoms with Crippen LogP contribution in [0.15, 0.2) is 47.3 Å². The van der Waals surface area contributed by atoms with Crippen LogP contribution in [-0.4, -0.2) is 35.5 Å². The van der Waals surface area contributed by atoms with E-state index in [1.807, 2.05) is 24.3 Å². The average molecular weight is 412 g/mol. The van der Waals surface area contributed by atoms with Crippen molar-refractivity contribution in [1.29, 1.82) is 0 Å². The molecule has 3 aromatic rings. The van der Waals surface area contributed by atoms with Crippen LogP contribution in [0.5, 0.6) is 5.75 Å². The van der Waals surface area contributed by atoms with Crippen molar-refractivity contribution in [3.8, 4) is 5.75 Å². The van der Waals surface area contributed by atoms with Crippen LogP contribution in [-0.2, 0) is 19.5 Å². The van der Waals surface area contributed by atoms with Crippen molar-refractivity contribution in [2.45, 2.75) is 19.5 Å². The van der Waals surface area contributed by atoms with Gasteiger partial charge in [-0.25, -0.2) is 9.78 Å². The first-order valence-electron chi connectivity index (χ1n) is 9.10. The Morgan fingerprint density at radius 3 is 2.83 bits per heavy atom. The number of furan rings is 1. The monoisotopic (exact) mass is 412 g/mol. The maximum Gasteiger partial charge on any atom is 0.318 e. The Kier molecular flexibility index (Phi) is 5.48. The van der Waals surface area contributed by atoms with Crippen LogP contribution in [0.1, 0.15) is 26.5 Å². The Morgan fingerprint density at radius 2 is 2.10 bits per heavy atom. The molecule has 1 aliphatic heterocycles. The molecule has 0 unspecified atom stereocenters. The molecule has 150 valence electrons. The molecule has 4 rings (SSSR count). The zero-order chi connectivity index (χ0) is 20.2. The quantitative estimate of drug-likeness (QED) is 0.670. The van der Waals surface area contributed by atoms with Crippen LogP contribution in [0.4, 0.5) is 9.93 Å². The van der Waals surface area contributed by atoms with Crippen molar-refractivity contribution >= 4 is 28.4 Å². The first kappa shape index (κ1) is 19.0. The summed E-state index contributed by atoms with van der Waals surface area (Å²) in [6, 6.07) is 9.05. The van der Waals surface area contributed by atoms with Gasteiger partial charge in [0.1, 0.15) is 12.0 Å². The van der Waals surface area contributed by atoms with E-state index in [9.17, 15) is 9.59 Å². The number of thiazole rings is 1. The highest BCUT2D eigenvalue weighted by molar-refractivity contribution is 7.15. The standard InChI is InChI=1S/C20H20N4O4S/c1-27-15-4-2-13(3-5-15)10-21-20(26)24-8-6-16-17(11-24)29-19(22-16)23-18(25)14-7-9-28-12-14/h2-5,7,9,12H,6,8,10-11H2,1H3,(H,21,26)(H,22,23,25). The van der Waals surface area contributed by atoms with E-state index in [2.05, 4.69) is 15.6 Å². The van der Waals surface area contributed by atoms with Gasteiger partial charge >= 0.3 is 6.03 Å².